The van der Waals surface area contributed by atoms with Gasteiger partial charge in [0.2, 0.25) is 11.8 Å². The number of halogens is 1. The quantitative estimate of drug-likeness (QED) is 0.933. The Morgan fingerprint density at radius 2 is 1.81 bits per heavy atom. The lowest BCUT2D eigenvalue weighted by molar-refractivity contribution is -0.161. The molecule has 1 unspecified atom stereocenters. The summed E-state index contributed by atoms with van der Waals surface area (Å²) in [6.45, 7) is 7.49. The van der Waals surface area contributed by atoms with Crippen LogP contribution in [0.2, 0.25) is 5.02 Å². The number of carbonyl (C=O) groups excluding carboxylic acids is 2. The van der Waals surface area contributed by atoms with Crippen LogP contribution in [0.25, 0.3) is 0 Å². The highest BCUT2D eigenvalue weighted by molar-refractivity contribution is 6.31. The van der Waals surface area contributed by atoms with Gasteiger partial charge in [-0.05, 0) is 38.8 Å². The van der Waals surface area contributed by atoms with Crippen molar-refractivity contribution in [1.82, 2.24) is 10.2 Å². The summed E-state index contributed by atoms with van der Waals surface area (Å²) in [5.74, 6) is -0.215. The first-order chi connectivity index (χ1) is 9.72. The van der Waals surface area contributed by atoms with Crippen molar-refractivity contribution in [3.63, 3.8) is 0 Å². The highest BCUT2D eigenvalue weighted by Gasteiger charge is 2.51. The number of piperazine rings is 1. The molecule has 1 aromatic rings. The van der Waals surface area contributed by atoms with Crippen molar-refractivity contribution < 1.29 is 9.59 Å². The number of nitrogens with zero attached hydrogens (tertiary/aromatic N) is 1. The van der Waals surface area contributed by atoms with Crippen LogP contribution in [0.15, 0.2) is 24.3 Å². The van der Waals surface area contributed by atoms with Crippen LogP contribution >= 0.6 is 11.6 Å². The number of hydrogen-bond donors (Lipinski definition) is 1. The van der Waals surface area contributed by atoms with Crippen LogP contribution in [-0.4, -0.2) is 27.8 Å². The maximum absolute atomic E-state index is 12.8. The van der Waals surface area contributed by atoms with Gasteiger partial charge in [0.1, 0.15) is 11.1 Å². The lowest BCUT2D eigenvalue weighted by Gasteiger charge is -2.49. The molecule has 0 bridgehead atoms. The molecular weight excluding hydrogens is 288 g/mol. The Hall–Kier alpha value is -1.55. The van der Waals surface area contributed by atoms with E-state index in [9.17, 15) is 9.59 Å². The fourth-order valence-corrected chi connectivity index (χ4v) is 2.75. The number of carbonyl (C=O) groups is 2. The van der Waals surface area contributed by atoms with E-state index in [-0.39, 0.29) is 11.8 Å². The standard InChI is InChI=1S/C16H21ClN2O2/c1-5-16(4)13(20)18-15(2,3)14(21)19(16)10-11-8-6-7-9-12(11)17/h6-9H,5,10H2,1-4H3,(H,18,20). The van der Waals surface area contributed by atoms with Crippen molar-refractivity contribution in [3.05, 3.63) is 34.9 Å². The Kier molecular flexibility index (Phi) is 4.02. The minimum Gasteiger partial charge on any atom is -0.340 e. The van der Waals surface area contributed by atoms with E-state index >= 15 is 0 Å². The van der Waals surface area contributed by atoms with Crippen LogP contribution in [0, 0.1) is 0 Å². The largest absolute Gasteiger partial charge is 0.340 e. The molecule has 2 amide bonds. The van der Waals surface area contributed by atoms with Gasteiger partial charge >= 0.3 is 0 Å². The summed E-state index contributed by atoms with van der Waals surface area (Å²) in [6.07, 6.45) is 0.547. The summed E-state index contributed by atoms with van der Waals surface area (Å²) < 4.78 is 0. The molecule has 0 spiro atoms. The van der Waals surface area contributed by atoms with Gasteiger partial charge in [0, 0.05) is 11.6 Å². The summed E-state index contributed by atoms with van der Waals surface area (Å²) >= 11 is 6.20. The van der Waals surface area contributed by atoms with E-state index in [0.29, 0.717) is 18.0 Å². The third-order valence-corrected chi connectivity index (χ3v) is 4.63. The van der Waals surface area contributed by atoms with Gasteiger partial charge in [-0.2, -0.15) is 0 Å². The zero-order valence-corrected chi connectivity index (χ0v) is 13.6. The van der Waals surface area contributed by atoms with E-state index in [2.05, 4.69) is 5.32 Å². The maximum atomic E-state index is 12.8. The molecule has 1 saturated heterocycles. The molecule has 2 rings (SSSR count). The molecular formula is C16H21ClN2O2. The summed E-state index contributed by atoms with van der Waals surface area (Å²) in [6, 6.07) is 7.40. The van der Waals surface area contributed by atoms with Crippen molar-refractivity contribution in [2.24, 2.45) is 0 Å². The molecule has 4 nitrogen and oxygen atoms in total. The fourth-order valence-electron chi connectivity index (χ4n) is 2.55. The Morgan fingerprint density at radius 3 is 2.38 bits per heavy atom. The Bertz CT molecular complexity index is 585. The van der Waals surface area contributed by atoms with E-state index < -0.39 is 11.1 Å². The number of amides is 2. The topological polar surface area (TPSA) is 49.4 Å². The zero-order chi connectivity index (χ0) is 15.8. The van der Waals surface area contributed by atoms with E-state index in [4.69, 9.17) is 11.6 Å². The van der Waals surface area contributed by atoms with E-state index in [0.717, 1.165) is 5.56 Å². The summed E-state index contributed by atoms with van der Waals surface area (Å²) in [7, 11) is 0. The normalized spacial score (nSPS) is 24.9. The highest BCUT2D eigenvalue weighted by Crippen LogP contribution is 2.31. The van der Waals surface area contributed by atoms with Gasteiger partial charge in [-0.1, -0.05) is 36.7 Å². The minimum atomic E-state index is -0.896. The Balaban J connectivity index is 2.43. The van der Waals surface area contributed by atoms with Crippen LogP contribution in [0.3, 0.4) is 0 Å². The third-order valence-electron chi connectivity index (χ3n) is 4.27. The first-order valence-corrected chi connectivity index (χ1v) is 7.48. The van der Waals surface area contributed by atoms with E-state index in [1.807, 2.05) is 25.1 Å². The predicted molar refractivity (Wildman–Crippen MR) is 82.9 cm³/mol. The SMILES string of the molecule is CCC1(C)C(=O)NC(C)(C)C(=O)N1Cc1ccccc1Cl. The molecule has 5 heteroatoms. The molecule has 0 radical (unpaired) electrons. The molecule has 0 saturated carbocycles. The number of hydrogen-bond acceptors (Lipinski definition) is 2. The number of benzene rings is 1. The molecule has 21 heavy (non-hydrogen) atoms. The van der Waals surface area contributed by atoms with Crippen molar-refractivity contribution >= 4 is 23.4 Å². The summed E-state index contributed by atoms with van der Waals surface area (Å²) in [5.41, 5.74) is -0.906. The van der Waals surface area contributed by atoms with E-state index in [1.165, 1.54) is 0 Å². The minimum absolute atomic E-state index is 0.0913. The van der Waals surface area contributed by atoms with Crippen molar-refractivity contribution in [1.29, 1.82) is 0 Å². The lowest BCUT2D eigenvalue weighted by atomic mass is 9.86. The second kappa shape index (κ2) is 5.34. The number of rotatable bonds is 3. The summed E-state index contributed by atoms with van der Waals surface area (Å²) in [5, 5.41) is 3.42. The van der Waals surface area contributed by atoms with E-state index in [1.54, 1.807) is 31.7 Å². The van der Waals surface area contributed by atoms with Gasteiger partial charge in [0.05, 0.1) is 0 Å². The summed E-state index contributed by atoms with van der Waals surface area (Å²) in [4.78, 5) is 26.9. The van der Waals surface area contributed by atoms with Crippen LogP contribution in [-0.2, 0) is 16.1 Å². The number of nitrogens with one attached hydrogen (secondary N) is 1. The smallest absolute Gasteiger partial charge is 0.248 e. The monoisotopic (exact) mass is 308 g/mol. The molecule has 1 fully saturated rings. The first kappa shape index (κ1) is 15.8. The molecule has 1 N–H and O–H groups in total. The molecule has 1 atom stereocenters. The third kappa shape index (κ3) is 2.64. The van der Waals surface area contributed by atoms with Crippen LogP contribution in [0.5, 0.6) is 0 Å². The van der Waals surface area contributed by atoms with Gasteiger partial charge in [0.25, 0.3) is 0 Å². The van der Waals surface area contributed by atoms with Gasteiger partial charge < -0.3 is 10.2 Å². The lowest BCUT2D eigenvalue weighted by Crippen LogP contribution is -2.72. The van der Waals surface area contributed by atoms with Gasteiger partial charge in [0.15, 0.2) is 0 Å². The molecule has 1 heterocycles. The predicted octanol–water partition coefficient (Wildman–Crippen LogP) is 2.75. The highest BCUT2D eigenvalue weighted by atomic mass is 35.5. The second-order valence-corrected chi connectivity index (χ2v) is 6.60. The van der Waals surface area contributed by atoms with Crippen LogP contribution < -0.4 is 5.32 Å². The van der Waals surface area contributed by atoms with Crippen molar-refractivity contribution in [2.75, 3.05) is 0 Å². The maximum Gasteiger partial charge on any atom is 0.248 e. The average molecular weight is 309 g/mol. The van der Waals surface area contributed by atoms with Gasteiger partial charge in [-0.3, -0.25) is 9.59 Å². The first-order valence-electron chi connectivity index (χ1n) is 7.10. The molecule has 114 valence electrons. The van der Waals surface area contributed by atoms with Crippen molar-refractivity contribution in [2.45, 2.75) is 51.7 Å². The average Bonchev–Trinajstić information content (AvgIpc) is 2.43. The molecule has 1 aromatic carbocycles. The second-order valence-electron chi connectivity index (χ2n) is 6.19. The fraction of sp³-hybridized carbons (Fsp3) is 0.500. The molecule has 1 aliphatic heterocycles. The van der Waals surface area contributed by atoms with Crippen LogP contribution in [0.4, 0.5) is 0 Å². The van der Waals surface area contributed by atoms with Gasteiger partial charge in [-0.15, -0.1) is 0 Å². The van der Waals surface area contributed by atoms with Gasteiger partial charge in [-0.25, -0.2) is 0 Å². The molecule has 1 aliphatic rings. The molecule has 0 aliphatic carbocycles. The Morgan fingerprint density at radius 1 is 1.19 bits per heavy atom. The van der Waals surface area contributed by atoms with Crippen LogP contribution in [0.1, 0.15) is 39.7 Å². The Labute approximate surface area is 130 Å². The molecule has 0 aromatic heterocycles. The zero-order valence-electron chi connectivity index (χ0n) is 12.9. The van der Waals surface area contributed by atoms with Crippen molar-refractivity contribution in [3.8, 4) is 0 Å².